The Hall–Kier alpha value is -3.01. The smallest absolute Gasteiger partial charge is 0.336 e. The van der Waals surface area contributed by atoms with Gasteiger partial charge in [-0.3, -0.25) is 0 Å². The molecule has 11 heteroatoms. The third-order valence-electron chi connectivity index (χ3n) is 4.16. The highest BCUT2D eigenvalue weighted by atomic mass is 35.5. The number of hydrogen-bond donors (Lipinski definition) is 3. The summed E-state index contributed by atoms with van der Waals surface area (Å²) in [6.45, 7) is 0. The number of thiol groups is 1. The minimum Gasteiger partial charge on any atom is -0.495 e. The van der Waals surface area contributed by atoms with Crippen molar-refractivity contribution in [3.8, 4) is 17.1 Å². The Bertz CT molecular complexity index is 1200. The molecule has 0 unspecified atom stereocenters. The fourth-order valence-corrected chi connectivity index (χ4v) is 3.48. The summed E-state index contributed by atoms with van der Waals surface area (Å²) in [4.78, 5) is 28.4. The highest BCUT2D eigenvalue weighted by Gasteiger charge is 2.17. The number of carbonyl (C=O) groups is 1. The van der Waals surface area contributed by atoms with Gasteiger partial charge in [-0.2, -0.15) is 0 Å². The number of benzene rings is 2. The molecule has 0 saturated heterocycles. The number of ether oxygens (including phenoxy) is 1. The van der Waals surface area contributed by atoms with Crippen LogP contribution in [-0.4, -0.2) is 33.1 Å². The molecule has 0 saturated carbocycles. The molecule has 30 heavy (non-hydrogen) atoms. The van der Waals surface area contributed by atoms with Gasteiger partial charge in [0.1, 0.15) is 23.4 Å². The standard InChI is InChI=1S/C19H14Cl2N6O2S/c1-29-16-3-2-10(17-24-15-8-22-9-23-18(15)26-17)4-14(16)25-19(28)27(30)13-6-11(20)5-12(21)7-13/h2-9,30H,1H3,(H,25,28)(H,22,23,24,26). The summed E-state index contributed by atoms with van der Waals surface area (Å²) in [5, 5.41) is 3.54. The number of aromatic amines is 1. The topological polar surface area (TPSA) is 96.0 Å². The maximum absolute atomic E-state index is 12.7. The molecule has 2 aromatic carbocycles. The van der Waals surface area contributed by atoms with Crippen LogP contribution in [0.4, 0.5) is 16.2 Å². The quantitative estimate of drug-likeness (QED) is 0.362. The number of nitrogens with one attached hydrogen (secondary N) is 2. The van der Waals surface area contributed by atoms with Crippen LogP contribution in [0.5, 0.6) is 5.75 Å². The van der Waals surface area contributed by atoms with Crippen molar-refractivity contribution < 1.29 is 9.53 Å². The van der Waals surface area contributed by atoms with Crippen molar-refractivity contribution in [2.24, 2.45) is 0 Å². The zero-order valence-corrected chi connectivity index (χ0v) is 17.8. The predicted octanol–water partition coefficient (Wildman–Crippen LogP) is 5.22. The van der Waals surface area contributed by atoms with Gasteiger partial charge < -0.3 is 15.0 Å². The lowest BCUT2D eigenvalue weighted by Crippen LogP contribution is -2.27. The molecule has 2 heterocycles. The van der Waals surface area contributed by atoms with Crippen LogP contribution in [-0.2, 0) is 0 Å². The molecule has 0 bridgehead atoms. The number of urea groups is 1. The zero-order valence-electron chi connectivity index (χ0n) is 15.4. The Morgan fingerprint density at radius 2 is 1.97 bits per heavy atom. The van der Waals surface area contributed by atoms with E-state index in [0.29, 0.717) is 44.2 Å². The van der Waals surface area contributed by atoms with E-state index in [1.807, 2.05) is 6.07 Å². The van der Waals surface area contributed by atoms with Crippen LogP contribution in [0.2, 0.25) is 10.0 Å². The molecule has 8 nitrogen and oxygen atoms in total. The molecule has 0 spiro atoms. The number of halogens is 2. The number of nitrogens with zero attached hydrogens (tertiary/aromatic N) is 4. The van der Waals surface area contributed by atoms with E-state index in [-0.39, 0.29) is 0 Å². The second-order valence-corrected chi connectivity index (χ2v) is 7.40. The molecule has 0 aliphatic heterocycles. The van der Waals surface area contributed by atoms with Gasteiger partial charge in [0.25, 0.3) is 0 Å². The van der Waals surface area contributed by atoms with E-state index in [4.69, 9.17) is 27.9 Å². The molecule has 0 radical (unpaired) electrons. The number of hydrogen-bond acceptors (Lipinski definition) is 6. The summed E-state index contributed by atoms with van der Waals surface area (Å²) in [6, 6.07) is 9.46. The SMILES string of the molecule is COc1ccc(-c2nc3cncnc3[nH]2)cc1NC(=O)N(S)c1cc(Cl)cc(Cl)c1. The Balaban J connectivity index is 1.64. The summed E-state index contributed by atoms with van der Waals surface area (Å²) >= 11 is 16.3. The fraction of sp³-hybridized carbons (Fsp3) is 0.0526. The normalized spacial score (nSPS) is 10.8. The molecule has 2 N–H and O–H groups in total. The van der Waals surface area contributed by atoms with E-state index < -0.39 is 6.03 Å². The van der Waals surface area contributed by atoms with Crippen molar-refractivity contribution in [1.29, 1.82) is 0 Å². The number of imidazole rings is 1. The van der Waals surface area contributed by atoms with Gasteiger partial charge in [-0.25, -0.2) is 24.1 Å². The van der Waals surface area contributed by atoms with Gasteiger partial charge in [-0.1, -0.05) is 36.0 Å². The fourth-order valence-electron chi connectivity index (χ4n) is 2.80. The number of aromatic nitrogens is 4. The van der Waals surface area contributed by atoms with E-state index in [0.717, 1.165) is 9.87 Å². The average molecular weight is 461 g/mol. The summed E-state index contributed by atoms with van der Waals surface area (Å²) in [6.07, 6.45) is 3.05. The molecule has 0 atom stereocenters. The predicted molar refractivity (Wildman–Crippen MR) is 121 cm³/mol. The lowest BCUT2D eigenvalue weighted by atomic mass is 10.1. The third-order valence-corrected chi connectivity index (χ3v) is 5.01. The highest BCUT2D eigenvalue weighted by Crippen LogP contribution is 2.32. The van der Waals surface area contributed by atoms with Crippen molar-refractivity contribution >= 4 is 64.6 Å². The second-order valence-electron chi connectivity index (χ2n) is 6.13. The van der Waals surface area contributed by atoms with Gasteiger partial charge in [0.15, 0.2) is 5.65 Å². The summed E-state index contributed by atoms with van der Waals surface area (Å²) in [5.74, 6) is 1.04. The summed E-state index contributed by atoms with van der Waals surface area (Å²) < 4.78 is 6.46. The first-order valence-corrected chi connectivity index (χ1v) is 9.70. The zero-order chi connectivity index (χ0) is 21.3. The number of fused-ring (bicyclic) bond motifs is 1. The first-order valence-electron chi connectivity index (χ1n) is 8.55. The van der Waals surface area contributed by atoms with Crippen LogP contribution in [0.1, 0.15) is 0 Å². The molecule has 2 amide bonds. The Kier molecular flexibility index (Phi) is 5.67. The second kappa shape index (κ2) is 8.39. The minimum absolute atomic E-state index is 0.386. The maximum Gasteiger partial charge on any atom is 0.336 e. The molecule has 4 aromatic rings. The Labute approximate surface area is 186 Å². The third kappa shape index (κ3) is 4.13. The molecular weight excluding hydrogens is 447 g/mol. The number of anilines is 2. The number of amides is 2. The first-order chi connectivity index (χ1) is 14.4. The van der Waals surface area contributed by atoms with Gasteiger partial charge >= 0.3 is 6.03 Å². The van der Waals surface area contributed by atoms with Crippen molar-refractivity contribution in [3.05, 3.63) is 59.0 Å². The van der Waals surface area contributed by atoms with E-state index in [1.165, 1.54) is 13.4 Å². The van der Waals surface area contributed by atoms with Crippen LogP contribution in [0.3, 0.4) is 0 Å². The van der Waals surface area contributed by atoms with Crippen LogP contribution < -0.4 is 14.4 Å². The highest BCUT2D eigenvalue weighted by molar-refractivity contribution is 7.82. The van der Waals surface area contributed by atoms with Crippen molar-refractivity contribution in [2.75, 3.05) is 16.7 Å². The molecule has 4 rings (SSSR count). The molecule has 0 aliphatic rings. The van der Waals surface area contributed by atoms with E-state index in [1.54, 1.807) is 36.5 Å². The van der Waals surface area contributed by atoms with Gasteiger partial charge in [0.2, 0.25) is 0 Å². The van der Waals surface area contributed by atoms with E-state index in [9.17, 15) is 4.79 Å². The largest absolute Gasteiger partial charge is 0.495 e. The Morgan fingerprint density at radius 1 is 1.20 bits per heavy atom. The van der Waals surface area contributed by atoms with Crippen molar-refractivity contribution in [3.63, 3.8) is 0 Å². The molecule has 2 aromatic heterocycles. The van der Waals surface area contributed by atoms with Crippen molar-refractivity contribution in [1.82, 2.24) is 19.9 Å². The van der Waals surface area contributed by atoms with Gasteiger partial charge in [0, 0.05) is 15.6 Å². The monoisotopic (exact) mass is 460 g/mol. The van der Waals surface area contributed by atoms with E-state index >= 15 is 0 Å². The number of carbonyl (C=O) groups excluding carboxylic acids is 1. The summed E-state index contributed by atoms with van der Waals surface area (Å²) in [5.41, 5.74) is 2.81. The molecule has 0 fully saturated rings. The van der Waals surface area contributed by atoms with Crippen LogP contribution in [0.25, 0.3) is 22.6 Å². The maximum atomic E-state index is 12.7. The molecule has 152 valence electrons. The van der Waals surface area contributed by atoms with Crippen LogP contribution in [0, 0.1) is 0 Å². The lowest BCUT2D eigenvalue weighted by molar-refractivity contribution is 0.260. The minimum atomic E-state index is -0.525. The van der Waals surface area contributed by atoms with Crippen LogP contribution >= 0.6 is 36.0 Å². The first kappa shape index (κ1) is 20.3. The number of methoxy groups -OCH3 is 1. The molecule has 0 aliphatic carbocycles. The number of rotatable bonds is 4. The van der Waals surface area contributed by atoms with Crippen molar-refractivity contribution in [2.45, 2.75) is 0 Å². The lowest BCUT2D eigenvalue weighted by Gasteiger charge is -2.18. The van der Waals surface area contributed by atoms with Gasteiger partial charge in [-0.15, -0.1) is 0 Å². The molecular formula is C19H14Cl2N6O2S. The van der Waals surface area contributed by atoms with Crippen LogP contribution in [0.15, 0.2) is 48.9 Å². The summed E-state index contributed by atoms with van der Waals surface area (Å²) in [7, 11) is 1.51. The van der Waals surface area contributed by atoms with Gasteiger partial charge in [-0.05, 0) is 36.4 Å². The Morgan fingerprint density at radius 3 is 2.67 bits per heavy atom. The number of H-pyrrole nitrogens is 1. The van der Waals surface area contributed by atoms with E-state index in [2.05, 4.69) is 38.1 Å². The average Bonchev–Trinajstić information content (AvgIpc) is 3.16. The van der Waals surface area contributed by atoms with Gasteiger partial charge in [0.05, 0.1) is 24.7 Å².